The number of esters is 1. The van der Waals surface area contributed by atoms with Crippen LogP contribution >= 0.6 is 0 Å². The Morgan fingerprint density at radius 1 is 1.03 bits per heavy atom. The molecule has 4 rings (SSSR count). The first-order chi connectivity index (χ1) is 17.1. The standard InChI is InChI=1S/C25H30N2O8/c1-3-31-21-14-18(27-9-11-30-12-10-27)22(32-4-2)13-17(21)26-24(28)16-34-25(29)23-15-33-19-7-5-6-8-20(19)35-23/h5-8,13-14,23H,3-4,9-12,15-16H2,1-2H3,(H,26,28). The van der Waals surface area contributed by atoms with Crippen molar-refractivity contribution in [3.05, 3.63) is 36.4 Å². The molecule has 1 unspecified atom stereocenters. The fourth-order valence-electron chi connectivity index (χ4n) is 3.80. The quantitative estimate of drug-likeness (QED) is 0.536. The first-order valence-corrected chi connectivity index (χ1v) is 11.7. The summed E-state index contributed by atoms with van der Waals surface area (Å²) in [5.41, 5.74) is 1.30. The Balaban J connectivity index is 1.41. The van der Waals surface area contributed by atoms with E-state index in [4.69, 9.17) is 28.4 Å². The Labute approximate surface area is 204 Å². The maximum atomic E-state index is 12.6. The van der Waals surface area contributed by atoms with Crippen LogP contribution in [0.4, 0.5) is 11.4 Å². The molecule has 2 aromatic rings. The summed E-state index contributed by atoms with van der Waals surface area (Å²) < 4.78 is 33.4. The van der Waals surface area contributed by atoms with Crippen LogP contribution in [0.2, 0.25) is 0 Å². The van der Waals surface area contributed by atoms with Gasteiger partial charge in [0.05, 0.1) is 37.8 Å². The van der Waals surface area contributed by atoms with E-state index in [1.54, 1.807) is 24.3 Å². The lowest BCUT2D eigenvalue weighted by molar-refractivity contribution is -0.156. The molecule has 188 valence electrons. The lowest BCUT2D eigenvalue weighted by atomic mass is 10.2. The van der Waals surface area contributed by atoms with Gasteiger partial charge in [-0.25, -0.2) is 4.79 Å². The fourth-order valence-corrected chi connectivity index (χ4v) is 3.80. The van der Waals surface area contributed by atoms with E-state index in [0.29, 0.717) is 55.1 Å². The molecule has 0 aromatic heterocycles. The zero-order chi connectivity index (χ0) is 24.6. The van der Waals surface area contributed by atoms with Gasteiger partial charge in [0.15, 0.2) is 18.1 Å². The Bertz CT molecular complexity index is 1040. The van der Waals surface area contributed by atoms with E-state index in [0.717, 1.165) is 18.8 Å². The van der Waals surface area contributed by atoms with Crippen molar-refractivity contribution in [1.82, 2.24) is 0 Å². The van der Waals surface area contributed by atoms with Crippen molar-refractivity contribution in [2.45, 2.75) is 20.0 Å². The van der Waals surface area contributed by atoms with Crippen molar-refractivity contribution in [1.29, 1.82) is 0 Å². The maximum Gasteiger partial charge on any atom is 0.351 e. The van der Waals surface area contributed by atoms with E-state index in [9.17, 15) is 9.59 Å². The highest BCUT2D eigenvalue weighted by atomic mass is 16.6. The third-order valence-electron chi connectivity index (χ3n) is 5.40. The van der Waals surface area contributed by atoms with Crippen molar-refractivity contribution in [2.75, 3.05) is 62.9 Å². The summed E-state index contributed by atoms with van der Waals surface area (Å²) in [5.74, 6) is 0.934. The van der Waals surface area contributed by atoms with Crippen LogP contribution in [0.15, 0.2) is 36.4 Å². The van der Waals surface area contributed by atoms with Crippen molar-refractivity contribution >= 4 is 23.3 Å². The summed E-state index contributed by atoms with van der Waals surface area (Å²) in [4.78, 5) is 27.2. The molecule has 2 heterocycles. The molecule has 10 nitrogen and oxygen atoms in total. The van der Waals surface area contributed by atoms with Crippen LogP contribution in [0.1, 0.15) is 13.8 Å². The SMILES string of the molecule is CCOc1cc(N2CCOCC2)c(OCC)cc1NC(=O)COC(=O)C1COc2ccccc2O1. The number of carbonyl (C=O) groups is 2. The highest BCUT2D eigenvalue weighted by Crippen LogP contribution is 2.39. The number of anilines is 2. The number of amides is 1. The molecule has 0 radical (unpaired) electrons. The van der Waals surface area contributed by atoms with Gasteiger partial charge in [-0.2, -0.15) is 0 Å². The van der Waals surface area contributed by atoms with E-state index >= 15 is 0 Å². The summed E-state index contributed by atoms with van der Waals surface area (Å²) in [6.07, 6.45) is -0.950. The third-order valence-corrected chi connectivity index (χ3v) is 5.40. The first kappa shape index (κ1) is 24.5. The van der Waals surface area contributed by atoms with E-state index in [2.05, 4.69) is 10.2 Å². The number of fused-ring (bicyclic) bond motifs is 1. The molecule has 2 aliphatic rings. The number of hydrogen-bond donors (Lipinski definition) is 1. The van der Waals surface area contributed by atoms with Gasteiger partial charge in [0.25, 0.3) is 5.91 Å². The van der Waals surface area contributed by atoms with Gasteiger partial charge in [-0.3, -0.25) is 4.79 Å². The summed E-state index contributed by atoms with van der Waals surface area (Å²) >= 11 is 0. The molecule has 1 fully saturated rings. The number of nitrogens with zero attached hydrogens (tertiary/aromatic N) is 1. The second-order valence-corrected chi connectivity index (χ2v) is 7.80. The van der Waals surface area contributed by atoms with Gasteiger partial charge in [0, 0.05) is 25.2 Å². The molecule has 2 aromatic carbocycles. The van der Waals surface area contributed by atoms with Crippen molar-refractivity contribution in [3.63, 3.8) is 0 Å². The average Bonchev–Trinajstić information content (AvgIpc) is 2.89. The molecule has 1 saturated heterocycles. The predicted octanol–water partition coefficient (Wildman–Crippen LogP) is 2.64. The molecule has 2 aliphatic heterocycles. The van der Waals surface area contributed by atoms with E-state index in [-0.39, 0.29) is 6.61 Å². The van der Waals surface area contributed by atoms with E-state index in [1.165, 1.54) is 0 Å². The van der Waals surface area contributed by atoms with Gasteiger partial charge in [-0.15, -0.1) is 0 Å². The summed E-state index contributed by atoms with van der Waals surface area (Å²) in [6, 6.07) is 10.6. The Morgan fingerprint density at radius 3 is 2.49 bits per heavy atom. The minimum Gasteiger partial charge on any atom is -0.492 e. The average molecular weight is 487 g/mol. The largest absolute Gasteiger partial charge is 0.492 e. The number of ether oxygens (including phenoxy) is 6. The van der Waals surface area contributed by atoms with Crippen molar-refractivity contribution < 1.29 is 38.0 Å². The topological polar surface area (TPSA) is 105 Å². The van der Waals surface area contributed by atoms with E-state index < -0.39 is 24.6 Å². The lowest BCUT2D eigenvalue weighted by Crippen LogP contribution is -2.39. The molecule has 10 heteroatoms. The number of para-hydroxylation sites is 2. The number of benzene rings is 2. The molecule has 1 N–H and O–H groups in total. The smallest absolute Gasteiger partial charge is 0.351 e. The van der Waals surface area contributed by atoms with Crippen LogP contribution in [0, 0.1) is 0 Å². The zero-order valence-corrected chi connectivity index (χ0v) is 19.9. The Morgan fingerprint density at radius 2 is 1.74 bits per heavy atom. The number of carbonyl (C=O) groups excluding carboxylic acids is 2. The number of hydrogen-bond acceptors (Lipinski definition) is 9. The minimum atomic E-state index is -0.950. The maximum absolute atomic E-state index is 12.6. The molecule has 0 bridgehead atoms. The molecule has 0 aliphatic carbocycles. The van der Waals surface area contributed by atoms with Gasteiger partial charge in [-0.1, -0.05) is 12.1 Å². The van der Waals surface area contributed by atoms with Crippen LogP contribution < -0.4 is 29.2 Å². The highest BCUT2D eigenvalue weighted by molar-refractivity contribution is 5.95. The Kier molecular flexibility index (Phi) is 8.15. The van der Waals surface area contributed by atoms with Crippen molar-refractivity contribution in [3.8, 4) is 23.0 Å². The highest BCUT2D eigenvalue weighted by Gasteiger charge is 2.29. The second kappa shape index (κ2) is 11.7. The van der Waals surface area contributed by atoms with Gasteiger partial charge in [0.2, 0.25) is 6.10 Å². The summed E-state index contributed by atoms with van der Waals surface area (Å²) in [7, 11) is 0. The Hall–Kier alpha value is -3.66. The first-order valence-electron chi connectivity index (χ1n) is 11.7. The second-order valence-electron chi connectivity index (χ2n) is 7.80. The van der Waals surface area contributed by atoms with Crippen LogP contribution in [0.5, 0.6) is 23.0 Å². The summed E-state index contributed by atoms with van der Waals surface area (Å²) in [5, 5.41) is 2.76. The molecular weight excluding hydrogens is 456 g/mol. The normalized spacial score (nSPS) is 16.9. The van der Waals surface area contributed by atoms with E-state index in [1.807, 2.05) is 26.0 Å². The number of morpholine rings is 1. The third kappa shape index (κ3) is 6.07. The van der Waals surface area contributed by atoms with Gasteiger partial charge < -0.3 is 38.6 Å². The molecular formula is C25H30N2O8. The molecule has 0 spiro atoms. The summed E-state index contributed by atoms with van der Waals surface area (Å²) in [6.45, 7) is 6.86. The molecule has 35 heavy (non-hydrogen) atoms. The van der Waals surface area contributed by atoms with Gasteiger partial charge in [-0.05, 0) is 26.0 Å². The molecule has 1 amide bonds. The molecule has 1 atom stereocenters. The monoisotopic (exact) mass is 486 g/mol. The zero-order valence-electron chi connectivity index (χ0n) is 19.9. The fraction of sp³-hybridized carbons (Fsp3) is 0.440. The van der Waals surface area contributed by atoms with Crippen LogP contribution in [0.3, 0.4) is 0 Å². The minimum absolute atomic E-state index is 0.00662. The van der Waals surface area contributed by atoms with Crippen LogP contribution in [0.25, 0.3) is 0 Å². The van der Waals surface area contributed by atoms with Crippen LogP contribution in [-0.2, 0) is 19.1 Å². The van der Waals surface area contributed by atoms with Crippen LogP contribution in [-0.4, -0.2) is 70.7 Å². The number of nitrogens with one attached hydrogen (secondary N) is 1. The number of rotatable bonds is 9. The molecule has 0 saturated carbocycles. The van der Waals surface area contributed by atoms with Crippen molar-refractivity contribution in [2.24, 2.45) is 0 Å². The predicted molar refractivity (Wildman–Crippen MR) is 128 cm³/mol. The van der Waals surface area contributed by atoms with Gasteiger partial charge >= 0.3 is 5.97 Å². The van der Waals surface area contributed by atoms with Gasteiger partial charge in [0.1, 0.15) is 18.1 Å². The lowest BCUT2D eigenvalue weighted by Gasteiger charge is -2.31.